The van der Waals surface area contributed by atoms with Crippen LogP contribution >= 0.6 is 11.8 Å². The molecule has 4 rings (SSSR count). The molecule has 1 aromatic heterocycles. The zero-order valence-electron chi connectivity index (χ0n) is 17.5. The second-order valence-corrected chi connectivity index (χ2v) is 8.01. The summed E-state index contributed by atoms with van der Waals surface area (Å²) in [6.07, 6.45) is 4.97. The van der Waals surface area contributed by atoms with Crippen molar-refractivity contribution in [3.8, 4) is 11.1 Å². The minimum atomic E-state index is -0.335. The summed E-state index contributed by atoms with van der Waals surface area (Å²) in [5, 5.41) is 10.4. The van der Waals surface area contributed by atoms with Gasteiger partial charge in [-0.25, -0.2) is 9.71 Å². The maximum Gasteiger partial charge on any atom is 0.330 e. The number of hydrogen-bond acceptors (Lipinski definition) is 6. The lowest BCUT2D eigenvalue weighted by atomic mass is 10.1. The lowest BCUT2D eigenvalue weighted by Crippen LogP contribution is -2.72. The highest BCUT2D eigenvalue weighted by atomic mass is 32.2. The Labute approximate surface area is 189 Å². The molecule has 1 aliphatic heterocycles. The Morgan fingerprint density at radius 2 is 1.88 bits per heavy atom. The summed E-state index contributed by atoms with van der Waals surface area (Å²) < 4.78 is 19.4. The van der Waals surface area contributed by atoms with E-state index in [1.807, 2.05) is 6.26 Å². The molecule has 0 saturated carbocycles. The van der Waals surface area contributed by atoms with E-state index in [0.29, 0.717) is 65.2 Å². The van der Waals surface area contributed by atoms with Crippen molar-refractivity contribution in [2.24, 2.45) is 0 Å². The molecule has 32 heavy (non-hydrogen) atoms. The number of aromatic nitrogens is 2. The number of nitrogens with one attached hydrogen (secondary N) is 1. The predicted molar refractivity (Wildman–Crippen MR) is 122 cm³/mol. The SMILES string of the molecule is CSC(=N)c1ccc(C(=O)N2CCOCC2)cc1[NH2+]c1ncc(-c2ccccc2F)cn1. The van der Waals surface area contributed by atoms with Gasteiger partial charge in [0.15, 0.2) is 0 Å². The molecule has 1 aliphatic rings. The minimum Gasteiger partial charge on any atom is -0.378 e. The van der Waals surface area contributed by atoms with Crippen LogP contribution in [-0.4, -0.2) is 58.4 Å². The largest absolute Gasteiger partial charge is 0.378 e. The van der Waals surface area contributed by atoms with Gasteiger partial charge in [-0.2, -0.15) is 9.97 Å². The highest BCUT2D eigenvalue weighted by Crippen LogP contribution is 2.22. The predicted octanol–water partition coefficient (Wildman–Crippen LogP) is 2.97. The van der Waals surface area contributed by atoms with Crippen molar-refractivity contribution in [2.75, 3.05) is 32.6 Å². The third kappa shape index (κ3) is 4.85. The fraction of sp³-hybridized carbons (Fsp3) is 0.217. The van der Waals surface area contributed by atoms with E-state index in [9.17, 15) is 9.18 Å². The highest BCUT2D eigenvalue weighted by Gasteiger charge is 2.22. The van der Waals surface area contributed by atoms with Crippen molar-refractivity contribution in [3.05, 3.63) is 71.8 Å². The number of morpholine rings is 1. The first kappa shape index (κ1) is 22.1. The van der Waals surface area contributed by atoms with Gasteiger partial charge in [-0.05, 0) is 24.5 Å². The molecule has 0 unspecified atom stereocenters. The fourth-order valence-corrected chi connectivity index (χ4v) is 3.87. The van der Waals surface area contributed by atoms with Crippen LogP contribution in [0.3, 0.4) is 0 Å². The van der Waals surface area contributed by atoms with Gasteiger partial charge in [-0.15, -0.1) is 11.8 Å². The summed E-state index contributed by atoms with van der Waals surface area (Å²) in [5.41, 5.74) is 2.93. The number of carbonyl (C=O) groups excluding carboxylic acids is 1. The smallest absolute Gasteiger partial charge is 0.330 e. The van der Waals surface area contributed by atoms with Gasteiger partial charge in [-0.3, -0.25) is 10.2 Å². The first-order chi connectivity index (χ1) is 15.6. The number of rotatable bonds is 5. The summed E-state index contributed by atoms with van der Waals surface area (Å²) in [6.45, 7) is 2.17. The van der Waals surface area contributed by atoms with E-state index < -0.39 is 0 Å². The number of nitrogens with zero attached hydrogens (tertiary/aromatic N) is 3. The van der Waals surface area contributed by atoms with Crippen LogP contribution in [0, 0.1) is 11.2 Å². The number of benzene rings is 2. The summed E-state index contributed by atoms with van der Waals surface area (Å²) >= 11 is 1.32. The van der Waals surface area contributed by atoms with E-state index in [4.69, 9.17) is 10.1 Å². The maximum atomic E-state index is 14.0. The number of carbonyl (C=O) groups is 1. The van der Waals surface area contributed by atoms with E-state index in [1.165, 1.54) is 17.8 Å². The molecule has 0 atom stereocenters. The third-order valence-corrected chi connectivity index (χ3v) is 5.82. The van der Waals surface area contributed by atoms with E-state index in [1.54, 1.807) is 59.0 Å². The number of halogens is 1. The van der Waals surface area contributed by atoms with Crippen LogP contribution in [0.1, 0.15) is 15.9 Å². The van der Waals surface area contributed by atoms with E-state index >= 15 is 0 Å². The van der Waals surface area contributed by atoms with Gasteiger partial charge in [0.05, 0.1) is 23.8 Å². The Hall–Kier alpha value is -3.14. The summed E-state index contributed by atoms with van der Waals surface area (Å²) in [7, 11) is 0. The number of thioether (sulfide) groups is 1. The van der Waals surface area contributed by atoms with Crippen molar-refractivity contribution in [2.45, 2.75) is 0 Å². The molecule has 1 amide bonds. The molecule has 9 heteroatoms. The van der Waals surface area contributed by atoms with Crippen LogP contribution in [0.2, 0.25) is 0 Å². The van der Waals surface area contributed by atoms with Crippen molar-refractivity contribution in [1.29, 1.82) is 5.41 Å². The van der Waals surface area contributed by atoms with E-state index in [-0.39, 0.29) is 11.7 Å². The topological polar surface area (TPSA) is 95.8 Å². The Kier molecular flexibility index (Phi) is 6.89. The van der Waals surface area contributed by atoms with Crippen molar-refractivity contribution < 1.29 is 19.2 Å². The van der Waals surface area contributed by atoms with E-state index in [2.05, 4.69) is 9.97 Å². The molecule has 0 radical (unpaired) electrons. The molecule has 1 fully saturated rings. The number of ether oxygens (including phenoxy) is 1. The maximum absolute atomic E-state index is 14.0. The Bertz CT molecular complexity index is 1130. The lowest BCUT2D eigenvalue weighted by Gasteiger charge is -2.27. The molecule has 7 nitrogen and oxygen atoms in total. The molecule has 0 aliphatic carbocycles. The first-order valence-electron chi connectivity index (χ1n) is 10.1. The molecule has 0 spiro atoms. The average Bonchev–Trinajstić information content (AvgIpc) is 2.84. The van der Waals surface area contributed by atoms with Gasteiger partial charge in [0.25, 0.3) is 5.91 Å². The number of amides is 1. The van der Waals surface area contributed by atoms with E-state index in [0.717, 1.165) is 0 Å². The van der Waals surface area contributed by atoms with Gasteiger partial charge < -0.3 is 9.64 Å². The second kappa shape index (κ2) is 9.99. The third-order valence-electron chi connectivity index (χ3n) is 5.19. The molecule has 3 aromatic rings. The summed E-state index contributed by atoms with van der Waals surface area (Å²) in [5.74, 6) is 0.00933. The Balaban J connectivity index is 1.61. The Morgan fingerprint density at radius 1 is 1.16 bits per heavy atom. The standard InChI is InChI=1S/C23H22FN5O2S/c1-32-21(25)18-7-6-15(22(30)29-8-10-31-11-9-29)12-20(18)28-23-26-13-16(14-27-23)17-4-2-3-5-19(17)24/h2-7,12-14,25H,8-11H2,1H3,(H,26,27,28)/p+1. The molecule has 3 N–H and O–H groups in total. The van der Waals surface area contributed by atoms with Crippen molar-refractivity contribution in [1.82, 2.24) is 14.9 Å². The molecule has 2 aromatic carbocycles. The number of hydrogen-bond donors (Lipinski definition) is 2. The quantitative estimate of drug-likeness (QED) is 0.353. The lowest BCUT2D eigenvalue weighted by molar-refractivity contribution is -0.487. The monoisotopic (exact) mass is 452 g/mol. The van der Waals surface area contributed by atoms with Crippen LogP contribution in [-0.2, 0) is 4.74 Å². The van der Waals surface area contributed by atoms with Gasteiger partial charge in [0.2, 0.25) is 0 Å². The zero-order chi connectivity index (χ0) is 22.5. The molecule has 0 bridgehead atoms. The normalized spacial score (nSPS) is 13.8. The summed E-state index contributed by atoms with van der Waals surface area (Å²) in [4.78, 5) is 23.4. The highest BCUT2D eigenvalue weighted by molar-refractivity contribution is 8.13. The van der Waals surface area contributed by atoms with Gasteiger partial charge in [0, 0.05) is 48.2 Å². The molecular weight excluding hydrogens is 429 g/mol. The van der Waals surface area contributed by atoms with Crippen molar-refractivity contribution >= 4 is 34.3 Å². The molecular formula is C23H23FN5O2S+. The van der Waals surface area contributed by atoms with Crippen LogP contribution in [0.25, 0.3) is 11.1 Å². The van der Waals surface area contributed by atoms with Crippen molar-refractivity contribution in [3.63, 3.8) is 0 Å². The second-order valence-electron chi connectivity index (χ2n) is 7.19. The number of quaternary nitrogens is 1. The van der Waals surface area contributed by atoms with Gasteiger partial charge in [0.1, 0.15) is 11.5 Å². The number of nitrogens with two attached hydrogens (primary N) is 1. The van der Waals surface area contributed by atoms with Crippen LogP contribution in [0.15, 0.2) is 54.9 Å². The Morgan fingerprint density at radius 3 is 2.56 bits per heavy atom. The van der Waals surface area contributed by atoms with Crippen LogP contribution in [0.5, 0.6) is 0 Å². The van der Waals surface area contributed by atoms with Crippen LogP contribution < -0.4 is 5.32 Å². The first-order valence-corrected chi connectivity index (χ1v) is 11.3. The zero-order valence-corrected chi connectivity index (χ0v) is 18.4. The summed E-state index contributed by atoms with van der Waals surface area (Å²) in [6, 6.07) is 11.8. The average molecular weight is 453 g/mol. The molecule has 2 heterocycles. The van der Waals surface area contributed by atoms with Gasteiger partial charge in [-0.1, -0.05) is 18.2 Å². The molecule has 164 valence electrons. The fourth-order valence-electron chi connectivity index (χ4n) is 3.47. The van der Waals surface area contributed by atoms with Crippen LogP contribution in [0.4, 0.5) is 16.0 Å². The minimum absolute atomic E-state index is 0.0685. The van der Waals surface area contributed by atoms with Gasteiger partial charge >= 0.3 is 5.95 Å². The molecule has 1 saturated heterocycles.